The number of carbonyl (C=O) groups is 3. The van der Waals surface area contributed by atoms with Crippen molar-refractivity contribution in [2.75, 3.05) is 12.4 Å². The highest BCUT2D eigenvalue weighted by Crippen LogP contribution is 2.32. The highest BCUT2D eigenvalue weighted by Gasteiger charge is 2.27. The first-order chi connectivity index (χ1) is 19.2. The molecule has 0 fully saturated rings. The van der Waals surface area contributed by atoms with Crippen molar-refractivity contribution < 1.29 is 23.9 Å². The van der Waals surface area contributed by atoms with E-state index < -0.39 is 29.1 Å². The quantitative estimate of drug-likeness (QED) is 0.280. The molecular formula is C31H34N4O6. The Bertz CT molecular complexity index is 1560. The van der Waals surface area contributed by atoms with Crippen LogP contribution in [0.4, 0.5) is 5.69 Å². The van der Waals surface area contributed by atoms with Gasteiger partial charge in [-0.25, -0.2) is 9.48 Å². The molecule has 3 rings (SSSR count). The van der Waals surface area contributed by atoms with Gasteiger partial charge < -0.3 is 14.8 Å². The maximum Gasteiger partial charge on any atom is 0.338 e. The number of nitrogens with one attached hydrogen (secondary N) is 1. The van der Waals surface area contributed by atoms with Gasteiger partial charge in [-0.1, -0.05) is 13.8 Å². The van der Waals surface area contributed by atoms with Gasteiger partial charge in [-0.05, 0) is 88.1 Å². The van der Waals surface area contributed by atoms with E-state index >= 15 is 0 Å². The number of anilines is 1. The molecule has 0 aliphatic carbocycles. The van der Waals surface area contributed by atoms with Crippen LogP contribution in [0.1, 0.15) is 80.3 Å². The summed E-state index contributed by atoms with van der Waals surface area (Å²) in [7, 11) is 1.37. The van der Waals surface area contributed by atoms with E-state index in [2.05, 4.69) is 10.4 Å². The number of nitriles is 1. The summed E-state index contributed by atoms with van der Waals surface area (Å²) in [6.45, 7) is 10.5. The zero-order chi connectivity index (χ0) is 30.5. The Morgan fingerprint density at radius 3 is 2.24 bits per heavy atom. The lowest BCUT2D eigenvalue weighted by Gasteiger charge is -2.22. The molecule has 0 saturated carbocycles. The van der Waals surface area contributed by atoms with Crippen LogP contribution in [0, 0.1) is 17.2 Å². The number of nitrogens with zero attached hydrogens (tertiary/aromatic N) is 3. The standard InChI is InChI=1S/C31H34N4O6/c1-18(2)14-26(28(38)33-22-11-9-21(10-12-22)30(39)41-31(4,5)6)35-27(37)16-25(29(34-35)40-7)24-15-20(17-32)8-13-23(24)19(3)36/h8-13,15-16,18,26H,14H2,1-7H3,(H,33,38). The highest BCUT2D eigenvalue weighted by molar-refractivity contribution is 6.01. The summed E-state index contributed by atoms with van der Waals surface area (Å²) in [6.07, 6.45) is 0.292. The van der Waals surface area contributed by atoms with Gasteiger partial charge in [-0.2, -0.15) is 5.26 Å². The van der Waals surface area contributed by atoms with Crippen LogP contribution in [-0.4, -0.2) is 40.2 Å². The van der Waals surface area contributed by atoms with Crippen molar-refractivity contribution in [3.63, 3.8) is 0 Å². The van der Waals surface area contributed by atoms with Crippen molar-refractivity contribution in [2.24, 2.45) is 5.92 Å². The SMILES string of the molecule is COc1nn(C(CC(C)C)C(=O)Nc2ccc(C(=O)OC(C)(C)C)cc2)c(=O)cc1-c1cc(C#N)ccc1C(C)=O. The monoisotopic (exact) mass is 558 g/mol. The number of carbonyl (C=O) groups excluding carboxylic acids is 3. The lowest BCUT2D eigenvalue weighted by molar-refractivity contribution is -0.120. The number of rotatable bonds is 9. The van der Waals surface area contributed by atoms with Gasteiger partial charge in [-0.15, -0.1) is 5.10 Å². The third-order valence-electron chi connectivity index (χ3n) is 6.01. The molecule has 1 N–H and O–H groups in total. The zero-order valence-electron chi connectivity index (χ0n) is 24.3. The Balaban J connectivity index is 1.99. The Morgan fingerprint density at radius 2 is 1.71 bits per heavy atom. The summed E-state index contributed by atoms with van der Waals surface area (Å²) in [6, 6.07) is 13.1. The first-order valence-corrected chi connectivity index (χ1v) is 13.1. The minimum absolute atomic E-state index is 0.0189. The predicted octanol–water partition coefficient (Wildman–Crippen LogP) is 5.17. The van der Waals surface area contributed by atoms with Crippen LogP contribution in [0.3, 0.4) is 0 Å². The third-order valence-corrected chi connectivity index (χ3v) is 6.01. The van der Waals surface area contributed by atoms with Gasteiger partial charge in [0.2, 0.25) is 11.8 Å². The van der Waals surface area contributed by atoms with Gasteiger partial charge >= 0.3 is 5.97 Å². The number of Topliss-reactive ketones (excluding diaryl/α,β-unsaturated/α-hetero) is 1. The van der Waals surface area contributed by atoms with E-state index in [1.165, 1.54) is 38.3 Å². The number of ketones is 1. The lowest BCUT2D eigenvalue weighted by Crippen LogP contribution is -2.36. The molecular weight excluding hydrogens is 524 g/mol. The predicted molar refractivity (Wildman–Crippen MR) is 154 cm³/mol. The maximum absolute atomic E-state index is 13.5. The molecule has 1 aromatic heterocycles. The van der Waals surface area contributed by atoms with E-state index in [0.29, 0.717) is 34.4 Å². The van der Waals surface area contributed by atoms with Crippen LogP contribution >= 0.6 is 0 Å². The number of hydrogen-bond acceptors (Lipinski definition) is 8. The first kappa shape index (κ1) is 30.8. The second kappa shape index (κ2) is 12.6. The topological polar surface area (TPSA) is 140 Å². The van der Waals surface area contributed by atoms with Crippen LogP contribution in [0.2, 0.25) is 0 Å². The minimum atomic E-state index is -0.992. The molecule has 1 amide bonds. The van der Waals surface area contributed by atoms with E-state index in [1.807, 2.05) is 19.9 Å². The Labute approximate surface area is 238 Å². The summed E-state index contributed by atoms with van der Waals surface area (Å²) in [5.74, 6) is -1.18. The fourth-order valence-corrected chi connectivity index (χ4v) is 4.18. The van der Waals surface area contributed by atoms with Crippen LogP contribution < -0.4 is 15.6 Å². The van der Waals surface area contributed by atoms with Crippen molar-refractivity contribution in [1.29, 1.82) is 5.26 Å². The van der Waals surface area contributed by atoms with E-state index in [1.54, 1.807) is 45.0 Å². The molecule has 1 heterocycles. The number of methoxy groups -OCH3 is 1. The largest absolute Gasteiger partial charge is 0.480 e. The summed E-state index contributed by atoms with van der Waals surface area (Å²) in [5, 5.41) is 16.5. The van der Waals surface area contributed by atoms with E-state index in [9.17, 15) is 24.4 Å². The third kappa shape index (κ3) is 7.66. The molecule has 41 heavy (non-hydrogen) atoms. The normalized spacial score (nSPS) is 11.9. The maximum atomic E-state index is 13.5. The number of ether oxygens (including phenoxy) is 2. The number of benzene rings is 2. The zero-order valence-corrected chi connectivity index (χ0v) is 24.3. The number of hydrogen-bond donors (Lipinski definition) is 1. The van der Waals surface area contributed by atoms with Gasteiger partial charge in [0.25, 0.3) is 5.56 Å². The molecule has 214 valence electrons. The summed E-state index contributed by atoms with van der Waals surface area (Å²) < 4.78 is 11.9. The molecule has 1 atom stereocenters. The van der Waals surface area contributed by atoms with Crippen LogP contribution in [0.5, 0.6) is 5.88 Å². The highest BCUT2D eigenvalue weighted by atomic mass is 16.6. The second-order valence-corrected chi connectivity index (χ2v) is 11.0. The van der Waals surface area contributed by atoms with E-state index in [4.69, 9.17) is 9.47 Å². The molecule has 3 aromatic rings. The molecule has 0 radical (unpaired) electrons. The van der Waals surface area contributed by atoms with Crippen molar-refractivity contribution in [1.82, 2.24) is 9.78 Å². The number of amides is 1. The van der Waals surface area contributed by atoms with Crippen LogP contribution in [0.15, 0.2) is 53.3 Å². The molecule has 2 aromatic carbocycles. The lowest BCUT2D eigenvalue weighted by atomic mass is 9.96. The smallest absolute Gasteiger partial charge is 0.338 e. The number of aromatic nitrogens is 2. The average molecular weight is 559 g/mol. The van der Waals surface area contributed by atoms with Gasteiger partial charge in [0, 0.05) is 17.3 Å². The van der Waals surface area contributed by atoms with Crippen molar-refractivity contribution in [2.45, 2.75) is 59.6 Å². The average Bonchev–Trinajstić information content (AvgIpc) is 2.90. The van der Waals surface area contributed by atoms with Crippen LogP contribution in [0.25, 0.3) is 11.1 Å². The van der Waals surface area contributed by atoms with Gasteiger partial charge in [0.05, 0.1) is 29.9 Å². The summed E-state index contributed by atoms with van der Waals surface area (Å²) in [5.41, 5.74) is 0.694. The van der Waals surface area contributed by atoms with Crippen molar-refractivity contribution in [3.8, 4) is 23.1 Å². The van der Waals surface area contributed by atoms with E-state index in [0.717, 1.165) is 4.68 Å². The van der Waals surface area contributed by atoms with E-state index in [-0.39, 0.29) is 23.1 Å². The van der Waals surface area contributed by atoms with Crippen molar-refractivity contribution in [3.05, 3.63) is 75.6 Å². The fraction of sp³-hybridized carbons (Fsp3) is 0.355. The molecule has 1 unspecified atom stereocenters. The summed E-state index contributed by atoms with van der Waals surface area (Å²) >= 11 is 0. The molecule has 0 spiro atoms. The van der Waals surface area contributed by atoms with Gasteiger partial charge in [0.15, 0.2) is 5.78 Å². The fourth-order valence-electron chi connectivity index (χ4n) is 4.18. The van der Waals surface area contributed by atoms with Gasteiger partial charge in [-0.3, -0.25) is 14.4 Å². The van der Waals surface area contributed by atoms with Crippen molar-refractivity contribution >= 4 is 23.3 Å². The molecule has 10 heteroatoms. The Kier molecular flexibility index (Phi) is 9.45. The molecule has 10 nitrogen and oxygen atoms in total. The molecule has 0 aliphatic heterocycles. The minimum Gasteiger partial charge on any atom is -0.480 e. The van der Waals surface area contributed by atoms with Gasteiger partial charge in [0.1, 0.15) is 11.6 Å². The molecule has 0 aliphatic rings. The first-order valence-electron chi connectivity index (χ1n) is 13.1. The second-order valence-electron chi connectivity index (χ2n) is 11.0. The Morgan fingerprint density at radius 1 is 1.05 bits per heavy atom. The molecule has 0 saturated heterocycles. The van der Waals surface area contributed by atoms with Crippen LogP contribution in [-0.2, 0) is 9.53 Å². The number of esters is 1. The molecule has 0 bridgehead atoms. The summed E-state index contributed by atoms with van der Waals surface area (Å²) in [4.78, 5) is 51.5. The Hall–Kier alpha value is -4.78.